The maximum Gasteiger partial charge on any atom is 0.306 e. The van der Waals surface area contributed by atoms with Gasteiger partial charge in [0.2, 0.25) is 0 Å². The first-order valence-electron chi connectivity index (χ1n) is 24.2. The summed E-state index contributed by atoms with van der Waals surface area (Å²) in [7, 11) is 0. The number of ether oxygens (including phenoxy) is 6. The standard InChI is InChI=1S/C51H84O14/c1-3-5-7-9-11-13-15-17-19-20-21-22-24-26-28-30-32-34-43(53)63-40(37-60-35-33-31-29-27-25-23-18-16-14-12-10-8-6-4-2)38-61-50-49(59)47(57)45(55)42(65-50)39-62-51-48(58)46(56)44(54)41(36-52)64-51/h5,7-8,10-11,13-14,16-17,19,21-22,26,28,40-42,44-52,54-59H,3-4,6,9,12,15,18,20,23-25,27,29-39H2,1-2H3/b7-5-,10-8-,13-11-,16-14-,19-17-,22-21-,28-26-. The quantitative estimate of drug-likeness (QED) is 0.0203. The number of unbranched alkanes of at least 4 members (excludes halogenated alkanes) is 8. The van der Waals surface area contributed by atoms with Crippen LogP contribution in [0.4, 0.5) is 0 Å². The molecule has 0 saturated carbocycles. The van der Waals surface area contributed by atoms with Crippen LogP contribution in [0.1, 0.15) is 129 Å². The first-order chi connectivity index (χ1) is 31.6. The molecule has 11 unspecified atom stereocenters. The zero-order valence-corrected chi connectivity index (χ0v) is 39.2. The Bertz CT molecular complexity index is 1390. The van der Waals surface area contributed by atoms with Gasteiger partial charge in [0.05, 0.1) is 26.4 Å². The first-order valence-corrected chi connectivity index (χ1v) is 24.2. The van der Waals surface area contributed by atoms with Crippen LogP contribution < -0.4 is 0 Å². The lowest BCUT2D eigenvalue weighted by Gasteiger charge is -2.42. The van der Waals surface area contributed by atoms with Crippen LogP contribution in [0.15, 0.2) is 85.1 Å². The highest BCUT2D eigenvalue weighted by molar-refractivity contribution is 5.69. The summed E-state index contributed by atoms with van der Waals surface area (Å²) in [6, 6.07) is 0. The van der Waals surface area contributed by atoms with Gasteiger partial charge in [0.25, 0.3) is 0 Å². The van der Waals surface area contributed by atoms with Crippen LogP contribution >= 0.6 is 0 Å². The maximum atomic E-state index is 13.0. The second-order valence-corrected chi connectivity index (χ2v) is 16.5. The Balaban J connectivity index is 1.83. The summed E-state index contributed by atoms with van der Waals surface area (Å²) in [5.74, 6) is -0.441. The van der Waals surface area contributed by atoms with Crippen LogP contribution in [0, 0.1) is 0 Å². The SMILES string of the molecule is CC/C=C\C/C=C\C/C=C\C/C=C\C/C=C\CCCC(=O)OC(COCCCCCCCC/C=C\C/C=C\CCC)COC1OC(COC2OC(CO)C(O)C(O)C2O)C(O)C(O)C1O. The molecule has 2 aliphatic rings. The molecule has 2 aliphatic heterocycles. The Morgan fingerprint density at radius 1 is 0.523 bits per heavy atom. The van der Waals surface area contributed by atoms with E-state index in [2.05, 4.69) is 92.8 Å². The molecule has 7 N–H and O–H groups in total. The number of carbonyl (C=O) groups is 1. The van der Waals surface area contributed by atoms with Crippen LogP contribution in [0.2, 0.25) is 0 Å². The summed E-state index contributed by atoms with van der Waals surface area (Å²) in [6.45, 7) is 3.37. The number of hydrogen-bond acceptors (Lipinski definition) is 14. The van der Waals surface area contributed by atoms with E-state index in [1.54, 1.807) is 0 Å². The largest absolute Gasteiger partial charge is 0.457 e. The van der Waals surface area contributed by atoms with Crippen molar-refractivity contribution in [1.29, 1.82) is 0 Å². The molecule has 372 valence electrons. The molecule has 11 atom stereocenters. The molecule has 65 heavy (non-hydrogen) atoms. The minimum atomic E-state index is -1.72. The van der Waals surface area contributed by atoms with Crippen LogP contribution in [-0.2, 0) is 33.2 Å². The van der Waals surface area contributed by atoms with Gasteiger partial charge in [-0.2, -0.15) is 0 Å². The Morgan fingerprint density at radius 3 is 1.57 bits per heavy atom. The fourth-order valence-electron chi connectivity index (χ4n) is 6.94. The number of aliphatic hydroxyl groups is 7. The van der Waals surface area contributed by atoms with E-state index in [0.717, 1.165) is 77.0 Å². The summed E-state index contributed by atoms with van der Waals surface area (Å²) >= 11 is 0. The maximum absolute atomic E-state index is 13.0. The van der Waals surface area contributed by atoms with Crippen molar-refractivity contribution in [2.75, 3.05) is 33.0 Å². The van der Waals surface area contributed by atoms with E-state index in [9.17, 15) is 40.5 Å². The topological polar surface area (TPSA) is 214 Å². The van der Waals surface area contributed by atoms with Gasteiger partial charge in [0.15, 0.2) is 12.6 Å². The molecule has 0 aromatic heterocycles. The van der Waals surface area contributed by atoms with E-state index in [4.69, 9.17) is 28.4 Å². The van der Waals surface area contributed by atoms with Crippen LogP contribution in [0.25, 0.3) is 0 Å². The smallest absolute Gasteiger partial charge is 0.306 e. The molecule has 14 nitrogen and oxygen atoms in total. The summed E-state index contributed by atoms with van der Waals surface area (Å²) in [6.07, 6.45) is 30.8. The molecule has 0 aromatic carbocycles. The predicted octanol–water partition coefficient (Wildman–Crippen LogP) is 6.51. The van der Waals surface area contributed by atoms with Gasteiger partial charge in [-0.1, -0.05) is 131 Å². The van der Waals surface area contributed by atoms with E-state index >= 15 is 0 Å². The van der Waals surface area contributed by atoms with Crippen LogP contribution in [0.5, 0.6) is 0 Å². The highest BCUT2D eigenvalue weighted by atomic mass is 16.7. The van der Waals surface area contributed by atoms with Crippen molar-refractivity contribution in [3.8, 4) is 0 Å². The van der Waals surface area contributed by atoms with Crippen molar-refractivity contribution in [3.05, 3.63) is 85.1 Å². The molecule has 0 amide bonds. The van der Waals surface area contributed by atoms with Crippen LogP contribution in [-0.4, -0.2) is 142 Å². The molecule has 0 bridgehead atoms. The molecule has 0 aliphatic carbocycles. The van der Waals surface area contributed by atoms with E-state index in [0.29, 0.717) is 19.4 Å². The van der Waals surface area contributed by atoms with Gasteiger partial charge in [-0.05, 0) is 77.0 Å². The molecule has 14 heteroatoms. The Labute approximate surface area is 389 Å². The molecule has 0 aromatic rings. The number of hydrogen-bond donors (Lipinski definition) is 7. The molecule has 2 heterocycles. The van der Waals surface area contributed by atoms with E-state index in [1.165, 1.54) is 19.3 Å². The fraction of sp³-hybridized carbons (Fsp3) is 0.706. The molecule has 2 saturated heterocycles. The average Bonchev–Trinajstić information content (AvgIpc) is 3.30. The summed E-state index contributed by atoms with van der Waals surface area (Å²) in [5, 5.41) is 72.0. The molecule has 2 rings (SSSR count). The van der Waals surface area contributed by atoms with Gasteiger partial charge in [0.1, 0.15) is 54.9 Å². The third kappa shape index (κ3) is 26.3. The van der Waals surface area contributed by atoms with E-state index < -0.39 is 86.7 Å². The number of carbonyl (C=O) groups excluding carboxylic acids is 1. The minimum Gasteiger partial charge on any atom is -0.457 e. The van der Waals surface area contributed by atoms with Gasteiger partial charge in [-0.3, -0.25) is 4.79 Å². The van der Waals surface area contributed by atoms with E-state index in [1.807, 2.05) is 6.08 Å². The number of allylic oxidation sites excluding steroid dienone is 14. The second-order valence-electron chi connectivity index (χ2n) is 16.5. The highest BCUT2D eigenvalue weighted by Gasteiger charge is 2.47. The molecular formula is C51H84O14. The zero-order valence-electron chi connectivity index (χ0n) is 39.2. The molecule has 0 radical (unpaired) electrons. The van der Waals surface area contributed by atoms with Crippen molar-refractivity contribution in [3.63, 3.8) is 0 Å². The number of aliphatic hydroxyl groups excluding tert-OH is 7. The Hall–Kier alpha value is -2.83. The molecular weight excluding hydrogens is 837 g/mol. The summed E-state index contributed by atoms with van der Waals surface area (Å²) in [4.78, 5) is 13.0. The lowest BCUT2D eigenvalue weighted by molar-refractivity contribution is -0.332. The summed E-state index contributed by atoms with van der Waals surface area (Å²) < 4.78 is 34.1. The van der Waals surface area contributed by atoms with E-state index in [-0.39, 0.29) is 19.6 Å². The third-order valence-corrected chi connectivity index (χ3v) is 10.9. The van der Waals surface area contributed by atoms with Crippen molar-refractivity contribution in [1.82, 2.24) is 0 Å². The second kappa shape index (κ2) is 38.2. The predicted molar refractivity (Wildman–Crippen MR) is 251 cm³/mol. The van der Waals surface area contributed by atoms with Gasteiger partial charge in [-0.15, -0.1) is 0 Å². The molecule has 2 fully saturated rings. The first kappa shape index (κ1) is 58.3. The van der Waals surface area contributed by atoms with Crippen molar-refractivity contribution < 1.29 is 69.0 Å². The minimum absolute atomic E-state index is 0.0259. The fourth-order valence-corrected chi connectivity index (χ4v) is 6.94. The van der Waals surface area contributed by atoms with Gasteiger partial charge < -0.3 is 64.2 Å². The average molecular weight is 921 g/mol. The van der Waals surface area contributed by atoms with Gasteiger partial charge in [-0.25, -0.2) is 0 Å². The Kier molecular flexibility index (Phi) is 34.2. The van der Waals surface area contributed by atoms with Crippen molar-refractivity contribution in [2.45, 2.75) is 197 Å². The van der Waals surface area contributed by atoms with Gasteiger partial charge >= 0.3 is 5.97 Å². The van der Waals surface area contributed by atoms with Crippen LogP contribution in [0.3, 0.4) is 0 Å². The number of rotatable bonds is 36. The third-order valence-electron chi connectivity index (χ3n) is 10.9. The zero-order chi connectivity index (χ0) is 47.3. The lowest BCUT2D eigenvalue weighted by atomic mass is 9.98. The lowest BCUT2D eigenvalue weighted by Crippen LogP contribution is -2.61. The summed E-state index contributed by atoms with van der Waals surface area (Å²) in [5.41, 5.74) is 0. The highest BCUT2D eigenvalue weighted by Crippen LogP contribution is 2.26. The molecule has 0 spiro atoms. The van der Waals surface area contributed by atoms with Gasteiger partial charge in [0, 0.05) is 13.0 Å². The monoisotopic (exact) mass is 921 g/mol. The van der Waals surface area contributed by atoms with Crippen molar-refractivity contribution in [2.24, 2.45) is 0 Å². The Morgan fingerprint density at radius 2 is 1.00 bits per heavy atom. The van der Waals surface area contributed by atoms with Crippen molar-refractivity contribution >= 4 is 5.97 Å². The number of esters is 1. The normalized spacial score (nSPS) is 27.3.